The average molecular weight is 411 g/mol. The number of nitrogens with zero attached hydrogens (tertiary/aromatic N) is 2. The molecule has 0 saturated carbocycles. The van der Waals surface area contributed by atoms with Gasteiger partial charge in [-0.1, -0.05) is 91.0 Å². The van der Waals surface area contributed by atoms with Gasteiger partial charge in [-0.2, -0.15) is 0 Å². The highest BCUT2D eigenvalue weighted by Crippen LogP contribution is 2.48. The van der Waals surface area contributed by atoms with Gasteiger partial charge in [-0.15, -0.1) is 0 Å². The van der Waals surface area contributed by atoms with Crippen molar-refractivity contribution >= 4 is 44.0 Å². The lowest BCUT2D eigenvalue weighted by molar-refractivity contribution is 0.973. The second-order valence-electron chi connectivity index (χ2n) is 8.51. The fourth-order valence-corrected chi connectivity index (χ4v) is 5.49. The number of para-hydroxylation sites is 1. The summed E-state index contributed by atoms with van der Waals surface area (Å²) in [6.45, 7) is 3.14. The molecule has 0 N–H and O–H groups in total. The highest BCUT2D eigenvalue weighted by atomic mass is 15.3. The van der Waals surface area contributed by atoms with Gasteiger partial charge in [-0.3, -0.25) is 4.57 Å². The molecule has 1 aliphatic rings. The second kappa shape index (κ2) is 6.48. The van der Waals surface area contributed by atoms with Crippen LogP contribution in [0.3, 0.4) is 0 Å². The van der Waals surface area contributed by atoms with Crippen LogP contribution in [0.1, 0.15) is 6.92 Å². The van der Waals surface area contributed by atoms with Gasteiger partial charge in [0.15, 0.2) is 0 Å². The number of fused-ring (bicyclic) bond motifs is 11. The van der Waals surface area contributed by atoms with E-state index in [4.69, 9.17) is 0 Å². The minimum Gasteiger partial charge on any atom is -0.327 e. The Kier molecular flexibility index (Phi) is 3.57. The molecular weight excluding hydrogens is 388 g/mol. The number of aromatic nitrogens is 1. The van der Waals surface area contributed by atoms with Crippen molar-refractivity contribution in [3.8, 4) is 16.8 Å². The first-order valence-corrected chi connectivity index (χ1v) is 11.3. The molecule has 0 saturated heterocycles. The van der Waals surface area contributed by atoms with Gasteiger partial charge in [0.1, 0.15) is 5.82 Å². The molecule has 0 amide bonds. The number of hydrogen-bond donors (Lipinski definition) is 0. The summed E-state index contributed by atoms with van der Waals surface area (Å²) in [7, 11) is 0. The maximum Gasteiger partial charge on any atom is 0.118 e. The summed E-state index contributed by atoms with van der Waals surface area (Å²) in [4.78, 5) is 2.49. The molecule has 1 aromatic heterocycles. The van der Waals surface area contributed by atoms with Crippen LogP contribution in [0.25, 0.3) is 49.3 Å². The molecule has 0 atom stereocenters. The molecule has 0 aliphatic carbocycles. The minimum absolute atomic E-state index is 0.892. The predicted octanol–water partition coefficient (Wildman–Crippen LogP) is 8.08. The Morgan fingerprint density at radius 2 is 1.25 bits per heavy atom. The van der Waals surface area contributed by atoms with Gasteiger partial charge in [-0.05, 0) is 29.8 Å². The van der Waals surface area contributed by atoms with E-state index in [0.29, 0.717) is 0 Å². The molecule has 152 valence electrons. The predicted molar refractivity (Wildman–Crippen MR) is 136 cm³/mol. The van der Waals surface area contributed by atoms with Gasteiger partial charge in [0, 0.05) is 33.8 Å². The van der Waals surface area contributed by atoms with E-state index < -0.39 is 0 Å². The van der Waals surface area contributed by atoms with E-state index in [2.05, 4.69) is 120 Å². The van der Waals surface area contributed by atoms with Gasteiger partial charge >= 0.3 is 0 Å². The van der Waals surface area contributed by atoms with Crippen LogP contribution in [0.15, 0.2) is 103 Å². The summed E-state index contributed by atoms with van der Waals surface area (Å²) in [5.74, 6) is 1.22. The molecule has 0 unspecified atom stereocenters. The molecule has 2 heterocycles. The monoisotopic (exact) mass is 410 g/mol. The van der Waals surface area contributed by atoms with Crippen molar-refractivity contribution < 1.29 is 0 Å². The maximum absolute atomic E-state index is 2.49. The summed E-state index contributed by atoms with van der Waals surface area (Å²) in [6.07, 6.45) is 0. The minimum atomic E-state index is 0.892. The molecular formula is C30H22N2. The molecule has 0 bridgehead atoms. The van der Waals surface area contributed by atoms with E-state index in [-0.39, 0.29) is 0 Å². The zero-order chi connectivity index (χ0) is 21.2. The molecule has 2 heteroatoms. The van der Waals surface area contributed by atoms with Crippen LogP contribution >= 0.6 is 0 Å². The molecule has 0 radical (unpaired) electrons. The highest BCUT2D eigenvalue weighted by Gasteiger charge is 2.27. The van der Waals surface area contributed by atoms with E-state index in [0.717, 1.165) is 6.54 Å². The molecule has 2 nitrogen and oxygen atoms in total. The standard InChI is InChI=1S/C30H22N2/c1-2-31-28-19-22-16-15-20-9-3-5-11-23(20)29(22)32(28)27-14-8-7-13-25(27)26-18-17-21-10-4-6-12-24(21)30(26)31/h3-19H,2H2,1H3. The van der Waals surface area contributed by atoms with Crippen molar-refractivity contribution in [1.29, 1.82) is 0 Å². The third kappa shape index (κ3) is 2.24. The van der Waals surface area contributed by atoms with Crippen LogP contribution in [0, 0.1) is 0 Å². The van der Waals surface area contributed by atoms with Crippen LogP contribution < -0.4 is 4.90 Å². The Hall–Kier alpha value is -4.04. The van der Waals surface area contributed by atoms with Crippen molar-refractivity contribution in [3.63, 3.8) is 0 Å². The molecule has 5 aromatic carbocycles. The summed E-state index contributed by atoms with van der Waals surface area (Å²) in [6, 6.07) is 37.7. The number of anilines is 2. The zero-order valence-corrected chi connectivity index (χ0v) is 17.9. The van der Waals surface area contributed by atoms with Gasteiger partial charge in [0.25, 0.3) is 0 Å². The molecule has 0 fully saturated rings. The molecule has 7 rings (SSSR count). The van der Waals surface area contributed by atoms with Crippen molar-refractivity contribution in [2.45, 2.75) is 6.92 Å². The van der Waals surface area contributed by atoms with Crippen LogP contribution in [0.5, 0.6) is 0 Å². The van der Waals surface area contributed by atoms with E-state index >= 15 is 0 Å². The summed E-state index contributed by atoms with van der Waals surface area (Å²) < 4.78 is 2.48. The Labute approximate surface area is 186 Å². The average Bonchev–Trinajstić information content (AvgIpc) is 3.19. The summed E-state index contributed by atoms with van der Waals surface area (Å²) in [5, 5.41) is 6.41. The Morgan fingerprint density at radius 1 is 0.594 bits per heavy atom. The Morgan fingerprint density at radius 3 is 2.09 bits per heavy atom. The van der Waals surface area contributed by atoms with E-state index in [9.17, 15) is 0 Å². The summed E-state index contributed by atoms with van der Waals surface area (Å²) in [5.41, 5.74) is 6.38. The van der Waals surface area contributed by atoms with Gasteiger partial charge < -0.3 is 4.90 Å². The van der Waals surface area contributed by atoms with E-state index in [1.165, 1.54) is 60.8 Å². The van der Waals surface area contributed by atoms with E-state index in [1.807, 2.05) is 0 Å². The summed E-state index contributed by atoms with van der Waals surface area (Å²) >= 11 is 0. The Balaban J connectivity index is 1.72. The third-order valence-electron chi connectivity index (χ3n) is 6.87. The van der Waals surface area contributed by atoms with Crippen LogP contribution in [-0.2, 0) is 0 Å². The largest absolute Gasteiger partial charge is 0.327 e. The third-order valence-corrected chi connectivity index (χ3v) is 6.87. The van der Waals surface area contributed by atoms with Crippen molar-refractivity contribution in [2.24, 2.45) is 0 Å². The molecule has 0 spiro atoms. The zero-order valence-electron chi connectivity index (χ0n) is 17.9. The van der Waals surface area contributed by atoms with Crippen LogP contribution in [-0.4, -0.2) is 11.1 Å². The quantitative estimate of drug-likeness (QED) is 0.266. The van der Waals surface area contributed by atoms with Crippen LogP contribution in [0.2, 0.25) is 0 Å². The van der Waals surface area contributed by atoms with E-state index in [1.54, 1.807) is 0 Å². The maximum atomic E-state index is 2.49. The van der Waals surface area contributed by atoms with Gasteiger partial charge in [0.2, 0.25) is 0 Å². The topological polar surface area (TPSA) is 8.17 Å². The Bertz CT molecular complexity index is 1670. The van der Waals surface area contributed by atoms with Crippen molar-refractivity contribution in [3.05, 3.63) is 103 Å². The normalized spacial score (nSPS) is 12.6. The SMILES string of the molecule is CCN1c2c(ccc3ccccc23)-c2ccccc2-n2c1cc1ccc3ccccc3c12. The van der Waals surface area contributed by atoms with Crippen molar-refractivity contribution in [2.75, 3.05) is 11.4 Å². The lowest BCUT2D eigenvalue weighted by Crippen LogP contribution is -2.18. The molecule has 1 aliphatic heterocycles. The first-order valence-electron chi connectivity index (χ1n) is 11.3. The lowest BCUT2D eigenvalue weighted by Gasteiger charge is -2.25. The van der Waals surface area contributed by atoms with Crippen molar-refractivity contribution in [1.82, 2.24) is 4.57 Å². The molecule has 32 heavy (non-hydrogen) atoms. The first kappa shape index (κ1) is 17.6. The van der Waals surface area contributed by atoms with Gasteiger partial charge in [-0.25, -0.2) is 0 Å². The van der Waals surface area contributed by atoms with Crippen LogP contribution in [0.4, 0.5) is 11.5 Å². The highest BCUT2D eigenvalue weighted by molar-refractivity contribution is 6.12. The second-order valence-corrected chi connectivity index (χ2v) is 8.51. The number of rotatable bonds is 1. The fraction of sp³-hybridized carbons (Fsp3) is 0.0667. The fourth-order valence-electron chi connectivity index (χ4n) is 5.49. The first-order chi connectivity index (χ1) is 15.8. The van der Waals surface area contributed by atoms with Gasteiger partial charge in [0.05, 0.1) is 16.9 Å². The smallest absolute Gasteiger partial charge is 0.118 e. The number of hydrogen-bond acceptors (Lipinski definition) is 1. The lowest BCUT2D eigenvalue weighted by atomic mass is 9.96. The molecule has 6 aromatic rings. The number of benzene rings is 5.